The molecule has 0 fully saturated rings. The van der Waals surface area contributed by atoms with Crippen LogP contribution in [0.15, 0.2) is 0 Å². The van der Waals surface area contributed by atoms with Crippen molar-refractivity contribution in [2.45, 2.75) is 8.66 Å². The molecule has 0 aromatic heterocycles. The van der Waals surface area contributed by atoms with Crippen LogP contribution >= 0.6 is 50.5 Å². The van der Waals surface area contributed by atoms with Crippen molar-refractivity contribution in [1.29, 1.82) is 0 Å². The Morgan fingerprint density at radius 2 is 1.82 bits per heavy atom. The molecule has 0 aliphatic carbocycles. The van der Waals surface area contributed by atoms with Gasteiger partial charge in [0.05, 0.1) is 5.25 Å². The topological polar surface area (TPSA) is 54.4 Å². The Kier molecular flexibility index (Phi) is 4.49. The molecule has 0 aromatic rings. The zero-order valence-electron chi connectivity index (χ0n) is 5.25. The highest BCUT2D eigenvalue weighted by Crippen LogP contribution is 2.33. The minimum Gasteiger partial charge on any atom is -0.284 e. The molecule has 0 heterocycles. The van der Waals surface area contributed by atoms with Crippen molar-refractivity contribution in [1.82, 2.24) is 0 Å². The van der Waals surface area contributed by atoms with Crippen molar-refractivity contribution >= 4 is 60.6 Å². The maximum Gasteiger partial charge on any atom is 0.290 e. The van der Waals surface area contributed by atoms with Crippen molar-refractivity contribution in [3.8, 4) is 0 Å². The van der Waals surface area contributed by atoms with Gasteiger partial charge < -0.3 is 0 Å². The lowest BCUT2D eigenvalue weighted by molar-refractivity contribution is 0.476. The van der Waals surface area contributed by atoms with Gasteiger partial charge in [-0.05, 0) is 0 Å². The Morgan fingerprint density at radius 1 is 1.45 bits per heavy atom. The van der Waals surface area contributed by atoms with Gasteiger partial charge in [-0.1, -0.05) is 0 Å². The average Bonchev–Trinajstić information content (AvgIpc) is 1.83. The summed E-state index contributed by atoms with van der Waals surface area (Å²) in [6.07, 6.45) is 0. The van der Waals surface area contributed by atoms with E-state index in [4.69, 9.17) is 4.55 Å². The van der Waals surface area contributed by atoms with Gasteiger partial charge in [0.1, 0.15) is 0 Å². The summed E-state index contributed by atoms with van der Waals surface area (Å²) in [5.41, 5.74) is 0. The highest BCUT2D eigenvalue weighted by molar-refractivity contribution is 8.19. The minimum atomic E-state index is -4.31. The second-order valence-corrected chi connectivity index (χ2v) is 6.78. The molecule has 11 heavy (non-hydrogen) atoms. The number of hydrogen-bond donors (Lipinski definition) is 5. The third-order valence-electron chi connectivity index (χ3n) is 0.987. The SMILES string of the molecule is O=S(=O)(O)C(S)(S)C(S)CS. The number of hydrogen-bond acceptors (Lipinski definition) is 6. The lowest BCUT2D eigenvalue weighted by atomic mass is 10.5. The van der Waals surface area contributed by atoms with E-state index in [0.29, 0.717) is 0 Å². The van der Waals surface area contributed by atoms with Crippen molar-refractivity contribution in [3.05, 3.63) is 0 Å². The second kappa shape index (κ2) is 4.01. The summed E-state index contributed by atoms with van der Waals surface area (Å²) in [5.74, 6) is 0.149. The van der Waals surface area contributed by atoms with Crippen molar-refractivity contribution in [2.24, 2.45) is 0 Å². The lowest BCUT2D eigenvalue weighted by Crippen LogP contribution is -2.37. The van der Waals surface area contributed by atoms with Crippen LogP contribution in [0.4, 0.5) is 0 Å². The monoisotopic (exact) mass is 252 g/mol. The van der Waals surface area contributed by atoms with Crippen LogP contribution in [-0.2, 0) is 10.1 Å². The molecular weight excluding hydrogens is 244 g/mol. The summed E-state index contributed by atoms with van der Waals surface area (Å²) in [4.78, 5) is 0. The molecule has 0 saturated carbocycles. The van der Waals surface area contributed by atoms with E-state index in [1.807, 2.05) is 0 Å². The summed E-state index contributed by atoms with van der Waals surface area (Å²) in [6, 6.07) is 0. The zero-order valence-corrected chi connectivity index (χ0v) is 9.64. The van der Waals surface area contributed by atoms with E-state index in [9.17, 15) is 8.42 Å². The molecule has 0 bridgehead atoms. The fourth-order valence-electron chi connectivity index (χ4n) is 0.291. The van der Waals surface area contributed by atoms with E-state index in [1.54, 1.807) is 0 Å². The second-order valence-electron chi connectivity index (χ2n) is 1.83. The maximum atomic E-state index is 10.6. The Morgan fingerprint density at radius 3 is 1.91 bits per heavy atom. The molecule has 0 aliphatic heterocycles. The third kappa shape index (κ3) is 2.92. The van der Waals surface area contributed by atoms with E-state index in [2.05, 4.69) is 50.5 Å². The summed E-state index contributed by atoms with van der Waals surface area (Å²) in [6.45, 7) is 0. The van der Waals surface area contributed by atoms with Crippen LogP contribution in [-0.4, -0.2) is 27.4 Å². The molecule has 8 heteroatoms. The molecule has 1 N–H and O–H groups in total. The van der Waals surface area contributed by atoms with E-state index in [0.717, 1.165) is 0 Å². The van der Waals surface area contributed by atoms with E-state index < -0.39 is 18.8 Å². The normalized spacial score (nSPS) is 16.5. The molecule has 68 valence electrons. The molecule has 0 aliphatic rings. The quantitative estimate of drug-likeness (QED) is 0.291. The van der Waals surface area contributed by atoms with Crippen LogP contribution in [0.3, 0.4) is 0 Å². The fourth-order valence-corrected chi connectivity index (χ4v) is 1.99. The molecule has 0 spiro atoms. The fraction of sp³-hybridized carbons (Fsp3) is 1.00. The van der Waals surface area contributed by atoms with Crippen LogP contribution in [0, 0.1) is 0 Å². The smallest absolute Gasteiger partial charge is 0.284 e. The van der Waals surface area contributed by atoms with Gasteiger partial charge in [0.15, 0.2) is 3.41 Å². The number of thiol groups is 4. The van der Waals surface area contributed by atoms with Gasteiger partial charge in [-0.3, -0.25) is 4.55 Å². The summed E-state index contributed by atoms with van der Waals surface area (Å²) >= 11 is 14.9. The van der Waals surface area contributed by atoms with Crippen molar-refractivity contribution < 1.29 is 13.0 Å². The van der Waals surface area contributed by atoms with Gasteiger partial charge in [-0.25, -0.2) is 0 Å². The number of rotatable bonds is 3. The van der Waals surface area contributed by atoms with Crippen LogP contribution < -0.4 is 0 Å². The van der Waals surface area contributed by atoms with E-state index in [-0.39, 0.29) is 5.75 Å². The molecule has 0 radical (unpaired) electrons. The summed E-state index contributed by atoms with van der Waals surface area (Å²) in [7, 11) is -4.31. The average molecular weight is 252 g/mol. The van der Waals surface area contributed by atoms with Crippen molar-refractivity contribution in [2.75, 3.05) is 5.75 Å². The van der Waals surface area contributed by atoms with Crippen LogP contribution in [0.5, 0.6) is 0 Å². The largest absolute Gasteiger partial charge is 0.290 e. The van der Waals surface area contributed by atoms with Gasteiger partial charge in [-0.15, -0.1) is 25.3 Å². The third-order valence-corrected chi connectivity index (χ3v) is 5.84. The summed E-state index contributed by atoms with van der Waals surface area (Å²) in [5, 5.41) is -0.743. The van der Waals surface area contributed by atoms with E-state index in [1.165, 1.54) is 0 Å². The predicted molar refractivity (Wildman–Crippen MR) is 58.9 cm³/mol. The Labute approximate surface area is 87.7 Å². The summed E-state index contributed by atoms with van der Waals surface area (Å²) < 4.78 is 27.9. The first-order chi connectivity index (χ1) is 4.73. The van der Waals surface area contributed by atoms with Gasteiger partial charge in [-0.2, -0.15) is 33.7 Å². The molecule has 1 unspecified atom stereocenters. The first kappa shape index (κ1) is 12.3. The van der Waals surface area contributed by atoms with Crippen LogP contribution in [0.25, 0.3) is 0 Å². The van der Waals surface area contributed by atoms with Crippen molar-refractivity contribution in [3.63, 3.8) is 0 Å². The van der Waals surface area contributed by atoms with Gasteiger partial charge in [0.25, 0.3) is 10.1 Å². The zero-order chi connectivity index (χ0) is 9.28. The van der Waals surface area contributed by atoms with E-state index >= 15 is 0 Å². The molecule has 0 saturated heterocycles. The predicted octanol–water partition coefficient (Wildman–Crippen LogP) is 0.616. The Balaban J connectivity index is 4.74. The first-order valence-corrected chi connectivity index (χ1v) is 5.92. The highest BCUT2D eigenvalue weighted by atomic mass is 32.3. The molecule has 3 nitrogen and oxygen atoms in total. The Hall–Kier alpha value is 1.31. The van der Waals surface area contributed by atoms with Crippen LogP contribution in [0.1, 0.15) is 0 Å². The van der Waals surface area contributed by atoms with Gasteiger partial charge in [0.2, 0.25) is 0 Å². The molecular formula is C3H8O3S5. The molecule has 0 rings (SSSR count). The Bertz CT molecular complexity index is 219. The minimum absolute atomic E-state index is 0.149. The standard InChI is InChI=1S/C3H8O3S5/c4-11(5,6)3(9,10)2(8)1-7/h2,7-10H,1H2,(H,4,5,6). The van der Waals surface area contributed by atoms with Gasteiger partial charge in [0, 0.05) is 5.75 Å². The molecule has 0 amide bonds. The molecule has 1 atom stereocenters. The van der Waals surface area contributed by atoms with Crippen LogP contribution in [0.2, 0.25) is 0 Å². The molecule has 0 aromatic carbocycles. The van der Waals surface area contributed by atoms with Gasteiger partial charge >= 0.3 is 0 Å². The maximum absolute atomic E-state index is 10.6. The lowest BCUT2D eigenvalue weighted by Gasteiger charge is -2.23. The highest BCUT2D eigenvalue weighted by Gasteiger charge is 2.41. The first-order valence-electron chi connectivity index (χ1n) is 2.44.